The minimum Gasteiger partial charge on any atom is -0.350 e. The van der Waals surface area contributed by atoms with Crippen LogP contribution >= 0.6 is 0 Å². The molecule has 2 aromatic rings. The number of urea groups is 1. The lowest BCUT2D eigenvalue weighted by atomic mass is 9.81. The first-order valence-corrected chi connectivity index (χ1v) is 6.98. The first kappa shape index (κ1) is 16.0. The highest BCUT2D eigenvalue weighted by Crippen LogP contribution is 2.31. The summed E-state index contributed by atoms with van der Waals surface area (Å²) in [7, 11) is 0. The molecule has 2 rings (SSSR count). The van der Waals surface area contributed by atoms with Crippen LogP contribution in [0.3, 0.4) is 0 Å². The number of nitriles is 1. The predicted octanol–water partition coefficient (Wildman–Crippen LogP) is 1.66. The summed E-state index contributed by atoms with van der Waals surface area (Å²) >= 11 is 0. The highest BCUT2D eigenvalue weighted by molar-refractivity contribution is 5.85. The second kappa shape index (κ2) is 7.61. The van der Waals surface area contributed by atoms with Crippen molar-refractivity contribution in [3.8, 4) is 6.07 Å². The van der Waals surface area contributed by atoms with E-state index in [2.05, 4.69) is 5.43 Å². The smallest absolute Gasteiger partial charge is 0.330 e. The highest BCUT2D eigenvalue weighted by Gasteiger charge is 2.31. The van der Waals surface area contributed by atoms with Gasteiger partial charge in [-0.2, -0.15) is 5.26 Å². The van der Waals surface area contributed by atoms with Gasteiger partial charge in [0.05, 0.1) is 6.07 Å². The van der Waals surface area contributed by atoms with Gasteiger partial charge in [-0.25, -0.2) is 10.2 Å². The van der Waals surface area contributed by atoms with Crippen LogP contribution in [0.15, 0.2) is 60.7 Å². The summed E-state index contributed by atoms with van der Waals surface area (Å²) in [6, 6.07) is 19.7. The van der Waals surface area contributed by atoms with Crippen molar-refractivity contribution >= 4 is 11.9 Å². The van der Waals surface area contributed by atoms with Crippen LogP contribution < -0.4 is 16.6 Å². The Kier molecular flexibility index (Phi) is 5.31. The molecule has 0 saturated heterocycles. The summed E-state index contributed by atoms with van der Waals surface area (Å²) in [4.78, 5) is 23.0. The van der Waals surface area contributed by atoms with Crippen LogP contribution in [-0.4, -0.2) is 11.9 Å². The molecule has 116 valence electrons. The van der Waals surface area contributed by atoms with Crippen molar-refractivity contribution in [2.24, 2.45) is 11.7 Å². The number of carbonyl (C=O) groups is 2. The lowest BCUT2D eigenvalue weighted by Gasteiger charge is -2.22. The van der Waals surface area contributed by atoms with Crippen molar-refractivity contribution in [1.82, 2.24) is 10.9 Å². The van der Waals surface area contributed by atoms with E-state index in [0.717, 1.165) is 11.1 Å². The van der Waals surface area contributed by atoms with Gasteiger partial charge in [0.1, 0.15) is 5.92 Å². The van der Waals surface area contributed by atoms with Crippen molar-refractivity contribution < 1.29 is 9.59 Å². The lowest BCUT2D eigenvalue weighted by molar-refractivity contribution is -0.124. The topological polar surface area (TPSA) is 108 Å². The number of hydrazine groups is 1. The van der Waals surface area contributed by atoms with Gasteiger partial charge in [0.15, 0.2) is 0 Å². The average Bonchev–Trinajstić information content (AvgIpc) is 2.59. The Bertz CT molecular complexity index is 671. The fraction of sp³-hybridized carbons (Fsp3) is 0.118. The molecule has 0 bridgehead atoms. The van der Waals surface area contributed by atoms with Gasteiger partial charge in [0.2, 0.25) is 0 Å². The van der Waals surface area contributed by atoms with E-state index < -0.39 is 23.8 Å². The molecule has 6 heteroatoms. The van der Waals surface area contributed by atoms with Crippen molar-refractivity contribution in [3.63, 3.8) is 0 Å². The molecule has 23 heavy (non-hydrogen) atoms. The standard InChI is InChI=1S/C17H16N4O2/c18-11-14(16(22)20-21-17(19)23)15(12-7-3-1-4-8-12)13-9-5-2-6-10-13/h1-10,14-15H,(H,20,22)(H3,19,21,23). The van der Waals surface area contributed by atoms with E-state index in [1.807, 2.05) is 72.2 Å². The molecule has 0 radical (unpaired) electrons. The Morgan fingerprint density at radius 2 is 1.39 bits per heavy atom. The fourth-order valence-electron chi connectivity index (χ4n) is 2.38. The van der Waals surface area contributed by atoms with Gasteiger partial charge in [-0.05, 0) is 11.1 Å². The zero-order valence-electron chi connectivity index (χ0n) is 12.3. The minimum atomic E-state index is -1.02. The molecular formula is C17H16N4O2. The van der Waals surface area contributed by atoms with Crippen LogP contribution in [0.25, 0.3) is 0 Å². The molecule has 2 aromatic carbocycles. The molecule has 0 aromatic heterocycles. The van der Waals surface area contributed by atoms with E-state index in [0.29, 0.717) is 0 Å². The molecule has 0 fully saturated rings. The fourth-order valence-corrected chi connectivity index (χ4v) is 2.38. The minimum absolute atomic E-state index is 0.461. The number of hydrogen-bond donors (Lipinski definition) is 3. The van der Waals surface area contributed by atoms with Crippen LogP contribution in [0.5, 0.6) is 0 Å². The van der Waals surface area contributed by atoms with E-state index in [1.54, 1.807) is 0 Å². The van der Waals surface area contributed by atoms with Crippen LogP contribution in [0.2, 0.25) is 0 Å². The average molecular weight is 308 g/mol. The summed E-state index contributed by atoms with van der Waals surface area (Å²) in [6.07, 6.45) is 0. The first-order chi connectivity index (χ1) is 11.1. The van der Waals surface area contributed by atoms with Gasteiger partial charge in [0.25, 0.3) is 5.91 Å². The quantitative estimate of drug-likeness (QED) is 0.747. The van der Waals surface area contributed by atoms with E-state index >= 15 is 0 Å². The maximum atomic E-state index is 12.3. The van der Waals surface area contributed by atoms with Gasteiger partial charge in [-0.1, -0.05) is 60.7 Å². The normalized spacial score (nSPS) is 11.3. The van der Waals surface area contributed by atoms with Crippen molar-refractivity contribution in [1.29, 1.82) is 5.26 Å². The van der Waals surface area contributed by atoms with Crippen LogP contribution in [0.1, 0.15) is 17.0 Å². The molecule has 6 nitrogen and oxygen atoms in total. The van der Waals surface area contributed by atoms with E-state index in [9.17, 15) is 14.9 Å². The van der Waals surface area contributed by atoms with Gasteiger partial charge in [-0.15, -0.1) is 0 Å². The molecule has 0 saturated carbocycles. The van der Waals surface area contributed by atoms with Crippen LogP contribution in [-0.2, 0) is 4.79 Å². The van der Waals surface area contributed by atoms with Crippen molar-refractivity contribution in [3.05, 3.63) is 71.8 Å². The summed E-state index contributed by atoms with van der Waals surface area (Å²) in [5, 5.41) is 9.50. The molecule has 0 spiro atoms. The second-order valence-corrected chi connectivity index (χ2v) is 4.88. The van der Waals surface area contributed by atoms with E-state index in [1.165, 1.54) is 0 Å². The molecular weight excluding hydrogens is 292 g/mol. The maximum absolute atomic E-state index is 12.3. The first-order valence-electron chi connectivity index (χ1n) is 6.98. The molecule has 3 amide bonds. The Balaban J connectivity index is 2.38. The lowest BCUT2D eigenvalue weighted by Crippen LogP contribution is -2.47. The number of primary amides is 1. The number of nitrogens with zero attached hydrogens (tertiary/aromatic N) is 1. The summed E-state index contributed by atoms with van der Waals surface area (Å²) in [6.45, 7) is 0. The number of rotatable bonds is 4. The monoisotopic (exact) mass is 308 g/mol. The predicted molar refractivity (Wildman–Crippen MR) is 84.7 cm³/mol. The largest absolute Gasteiger partial charge is 0.350 e. The molecule has 1 atom stereocenters. The van der Waals surface area contributed by atoms with E-state index in [4.69, 9.17) is 5.73 Å². The van der Waals surface area contributed by atoms with Crippen LogP contribution in [0, 0.1) is 17.2 Å². The SMILES string of the molecule is N#CC(C(=O)NNC(N)=O)C(c1ccccc1)c1ccccc1. The number of nitrogens with two attached hydrogens (primary N) is 1. The summed E-state index contributed by atoms with van der Waals surface area (Å²) in [5.74, 6) is -2.10. The highest BCUT2D eigenvalue weighted by atomic mass is 16.2. The zero-order chi connectivity index (χ0) is 16.7. The Hall–Kier alpha value is -3.33. The number of hydrogen-bond acceptors (Lipinski definition) is 3. The number of benzene rings is 2. The van der Waals surface area contributed by atoms with Gasteiger partial charge < -0.3 is 5.73 Å². The van der Waals surface area contributed by atoms with Gasteiger partial charge in [-0.3, -0.25) is 10.2 Å². The number of carbonyl (C=O) groups excluding carboxylic acids is 2. The molecule has 4 N–H and O–H groups in total. The van der Waals surface area contributed by atoms with Crippen LogP contribution in [0.4, 0.5) is 4.79 Å². The third-order valence-electron chi connectivity index (χ3n) is 3.38. The second-order valence-electron chi connectivity index (χ2n) is 4.88. The molecule has 0 aliphatic rings. The zero-order valence-corrected chi connectivity index (χ0v) is 12.3. The van der Waals surface area contributed by atoms with Gasteiger partial charge in [0, 0.05) is 5.92 Å². The summed E-state index contributed by atoms with van der Waals surface area (Å²) < 4.78 is 0. The van der Waals surface area contributed by atoms with Crippen molar-refractivity contribution in [2.45, 2.75) is 5.92 Å². The molecule has 1 unspecified atom stereocenters. The van der Waals surface area contributed by atoms with Gasteiger partial charge >= 0.3 is 6.03 Å². The number of nitrogens with one attached hydrogen (secondary N) is 2. The molecule has 0 aliphatic carbocycles. The third kappa shape index (κ3) is 4.08. The molecule has 0 heterocycles. The van der Waals surface area contributed by atoms with Crippen molar-refractivity contribution in [2.75, 3.05) is 0 Å². The Morgan fingerprint density at radius 3 is 1.78 bits per heavy atom. The third-order valence-corrected chi connectivity index (χ3v) is 3.38. The Labute approximate surface area is 133 Å². The van der Waals surface area contributed by atoms with E-state index in [-0.39, 0.29) is 0 Å². The maximum Gasteiger partial charge on any atom is 0.330 e. The molecule has 0 aliphatic heterocycles. The number of amides is 3. The summed E-state index contributed by atoms with van der Waals surface area (Å²) in [5.41, 5.74) is 10.8. The Morgan fingerprint density at radius 1 is 0.913 bits per heavy atom.